The maximum Gasteiger partial charge on any atom is 0.293 e. The highest BCUT2D eigenvalue weighted by Gasteiger charge is 2.35. The molecule has 0 bridgehead atoms. The Morgan fingerprint density at radius 2 is 1.66 bits per heavy atom. The summed E-state index contributed by atoms with van der Waals surface area (Å²) in [5.41, 5.74) is 0.964. The van der Waals surface area contributed by atoms with Crippen LogP contribution in [0.5, 0.6) is 0 Å². The summed E-state index contributed by atoms with van der Waals surface area (Å²) in [5.74, 6) is -2.38. The molecule has 0 spiro atoms. The monoisotopic (exact) mass is 537 g/mol. The largest absolute Gasteiger partial charge is 0.459 e. The number of hydrogen-bond donors (Lipinski definition) is 0. The van der Waals surface area contributed by atoms with Crippen molar-refractivity contribution in [1.82, 2.24) is 14.7 Å². The van der Waals surface area contributed by atoms with Crippen LogP contribution in [0, 0.1) is 11.6 Å². The summed E-state index contributed by atoms with van der Waals surface area (Å²) in [7, 11) is 0. The number of imide groups is 1. The van der Waals surface area contributed by atoms with Crippen molar-refractivity contribution in [3.8, 4) is 0 Å². The first kappa shape index (κ1) is 25.4. The van der Waals surface area contributed by atoms with Gasteiger partial charge in [0.2, 0.25) is 0 Å². The highest BCUT2D eigenvalue weighted by molar-refractivity contribution is 8.18. The summed E-state index contributed by atoms with van der Waals surface area (Å²) in [6.45, 7) is 1.13. The number of piperazine rings is 1. The Morgan fingerprint density at radius 3 is 2.34 bits per heavy atom. The second-order valence-corrected chi connectivity index (χ2v) is 9.68. The van der Waals surface area contributed by atoms with Crippen molar-refractivity contribution in [1.29, 1.82) is 0 Å². The van der Waals surface area contributed by atoms with Crippen molar-refractivity contribution in [2.24, 2.45) is 0 Å². The molecule has 0 radical (unpaired) electrons. The van der Waals surface area contributed by atoms with E-state index in [2.05, 4.69) is 0 Å². The Morgan fingerprint density at radius 1 is 0.921 bits per heavy atom. The molecule has 5 rings (SSSR count). The molecule has 3 aromatic rings. The number of rotatable bonds is 5. The van der Waals surface area contributed by atoms with Crippen molar-refractivity contribution >= 4 is 40.8 Å². The number of thioether (sulfide) groups is 1. The van der Waals surface area contributed by atoms with Crippen LogP contribution < -0.4 is 0 Å². The van der Waals surface area contributed by atoms with Crippen molar-refractivity contribution < 1.29 is 32.4 Å². The van der Waals surface area contributed by atoms with E-state index in [0.717, 1.165) is 11.0 Å². The summed E-state index contributed by atoms with van der Waals surface area (Å²) in [6.07, 6.45) is 2.94. The Bertz CT molecular complexity index is 1450. The summed E-state index contributed by atoms with van der Waals surface area (Å²) in [5, 5.41) is -0.570. The molecule has 0 saturated carbocycles. The minimum absolute atomic E-state index is 0.0218. The number of carbonyl (C=O) groups is 4. The number of nitrogens with zero attached hydrogens (tertiary/aromatic N) is 3. The van der Waals surface area contributed by atoms with Gasteiger partial charge in [-0.05, 0) is 53.7 Å². The summed E-state index contributed by atoms with van der Waals surface area (Å²) < 4.78 is 32.4. The van der Waals surface area contributed by atoms with E-state index in [1.54, 1.807) is 46.2 Å². The van der Waals surface area contributed by atoms with Crippen LogP contribution in [0.3, 0.4) is 0 Å². The topological polar surface area (TPSA) is 91.1 Å². The molecule has 2 saturated heterocycles. The first-order valence-corrected chi connectivity index (χ1v) is 12.5. The van der Waals surface area contributed by atoms with Crippen LogP contribution in [-0.2, 0) is 11.3 Å². The summed E-state index contributed by atoms with van der Waals surface area (Å²) >= 11 is 0.710. The summed E-state index contributed by atoms with van der Waals surface area (Å²) in [6, 6.07) is 12.8. The second kappa shape index (κ2) is 10.6. The Hall–Kier alpha value is -4.25. The van der Waals surface area contributed by atoms with Gasteiger partial charge in [-0.3, -0.25) is 24.1 Å². The Balaban J connectivity index is 1.25. The zero-order valence-electron chi connectivity index (χ0n) is 19.9. The van der Waals surface area contributed by atoms with Gasteiger partial charge in [-0.15, -0.1) is 0 Å². The highest BCUT2D eigenvalue weighted by Crippen LogP contribution is 2.33. The quantitative estimate of drug-likeness (QED) is 0.449. The van der Waals surface area contributed by atoms with Crippen LogP contribution in [-0.4, -0.2) is 63.8 Å². The number of furan rings is 1. The second-order valence-electron chi connectivity index (χ2n) is 8.69. The molecule has 3 heterocycles. The highest BCUT2D eigenvalue weighted by atomic mass is 32.2. The van der Waals surface area contributed by atoms with Gasteiger partial charge in [0.1, 0.15) is 11.6 Å². The fourth-order valence-corrected chi connectivity index (χ4v) is 5.06. The Kier molecular flexibility index (Phi) is 7.10. The van der Waals surface area contributed by atoms with Crippen LogP contribution in [0.1, 0.15) is 32.0 Å². The molecule has 0 unspecified atom stereocenters. The van der Waals surface area contributed by atoms with E-state index in [0.29, 0.717) is 55.1 Å². The molecule has 4 amide bonds. The average molecular weight is 538 g/mol. The van der Waals surface area contributed by atoms with Crippen LogP contribution in [0.4, 0.5) is 13.6 Å². The van der Waals surface area contributed by atoms with Gasteiger partial charge in [-0.2, -0.15) is 0 Å². The first-order chi connectivity index (χ1) is 18.3. The van der Waals surface area contributed by atoms with Crippen molar-refractivity contribution in [3.63, 3.8) is 0 Å². The van der Waals surface area contributed by atoms with Gasteiger partial charge in [0.15, 0.2) is 5.76 Å². The van der Waals surface area contributed by atoms with Crippen LogP contribution in [0.15, 0.2) is 70.2 Å². The molecule has 194 valence electrons. The van der Waals surface area contributed by atoms with Crippen molar-refractivity contribution in [2.45, 2.75) is 6.54 Å². The third-order valence-electron chi connectivity index (χ3n) is 6.23. The zero-order valence-corrected chi connectivity index (χ0v) is 20.7. The third kappa shape index (κ3) is 5.23. The lowest BCUT2D eigenvalue weighted by molar-refractivity contribution is -0.123. The fourth-order valence-electron chi connectivity index (χ4n) is 4.22. The maximum absolute atomic E-state index is 14.0. The standard InChI is InChI=1S/C27H21F2N3O5S/c28-20-7-6-19(21(29)15-20)16-32-26(35)23(38-27(32)36)14-17-3-1-4-18(13-17)24(33)30-8-10-31(11-9-30)25(34)22-5-2-12-37-22/h1-7,12-15H,8-11,16H2/b23-14-. The summed E-state index contributed by atoms with van der Waals surface area (Å²) in [4.78, 5) is 55.1. The van der Waals surface area contributed by atoms with Gasteiger partial charge in [0, 0.05) is 43.4 Å². The lowest BCUT2D eigenvalue weighted by Crippen LogP contribution is -2.50. The molecule has 8 nitrogen and oxygen atoms in total. The maximum atomic E-state index is 14.0. The molecule has 2 fully saturated rings. The SMILES string of the molecule is O=C(c1cccc(/C=C2\SC(=O)N(Cc3ccc(F)cc3F)C2=O)c1)N1CCN(C(=O)c2ccco2)CC1. The van der Waals surface area contributed by atoms with E-state index in [4.69, 9.17) is 4.42 Å². The smallest absolute Gasteiger partial charge is 0.293 e. The number of halogens is 2. The normalized spacial score (nSPS) is 17.0. The van der Waals surface area contributed by atoms with Gasteiger partial charge >= 0.3 is 0 Å². The van der Waals surface area contributed by atoms with E-state index in [1.165, 1.54) is 18.4 Å². The predicted molar refractivity (Wildman–Crippen MR) is 135 cm³/mol. The van der Waals surface area contributed by atoms with E-state index in [1.807, 2.05) is 0 Å². The molecule has 1 aromatic heterocycles. The Labute approximate surface area is 220 Å². The van der Waals surface area contributed by atoms with Gasteiger partial charge in [-0.1, -0.05) is 18.2 Å². The molecule has 0 atom stereocenters. The molecule has 11 heteroatoms. The van der Waals surface area contributed by atoms with Gasteiger partial charge in [0.05, 0.1) is 17.7 Å². The van der Waals surface area contributed by atoms with E-state index in [9.17, 15) is 28.0 Å². The molecular weight excluding hydrogens is 516 g/mol. The zero-order chi connectivity index (χ0) is 26.8. The molecule has 2 aliphatic rings. The third-order valence-corrected chi connectivity index (χ3v) is 7.14. The number of hydrogen-bond acceptors (Lipinski definition) is 6. The lowest BCUT2D eigenvalue weighted by Gasteiger charge is -2.34. The van der Waals surface area contributed by atoms with Gasteiger partial charge in [-0.25, -0.2) is 8.78 Å². The molecule has 2 aromatic carbocycles. The number of amides is 4. The van der Waals surface area contributed by atoms with Gasteiger partial charge in [0.25, 0.3) is 23.0 Å². The number of carbonyl (C=O) groups excluding carboxylic acids is 4. The van der Waals surface area contributed by atoms with Crippen molar-refractivity contribution in [2.75, 3.05) is 26.2 Å². The van der Waals surface area contributed by atoms with E-state index in [-0.39, 0.29) is 34.6 Å². The van der Waals surface area contributed by atoms with E-state index >= 15 is 0 Å². The minimum Gasteiger partial charge on any atom is -0.459 e. The lowest BCUT2D eigenvalue weighted by atomic mass is 10.1. The first-order valence-electron chi connectivity index (χ1n) is 11.7. The van der Waals surface area contributed by atoms with Crippen LogP contribution >= 0.6 is 11.8 Å². The predicted octanol–water partition coefficient (Wildman–Crippen LogP) is 4.39. The van der Waals surface area contributed by atoms with Crippen molar-refractivity contribution in [3.05, 3.63) is 99.9 Å². The molecular formula is C27H21F2N3O5S. The van der Waals surface area contributed by atoms with Crippen LogP contribution in [0.2, 0.25) is 0 Å². The van der Waals surface area contributed by atoms with Gasteiger partial charge < -0.3 is 14.2 Å². The molecule has 0 N–H and O–H groups in total. The van der Waals surface area contributed by atoms with E-state index < -0.39 is 22.8 Å². The number of benzene rings is 2. The fraction of sp³-hybridized carbons (Fsp3) is 0.185. The molecule has 2 aliphatic heterocycles. The molecule has 0 aliphatic carbocycles. The average Bonchev–Trinajstić information content (AvgIpc) is 3.54. The molecule has 38 heavy (non-hydrogen) atoms. The van der Waals surface area contributed by atoms with Crippen LogP contribution in [0.25, 0.3) is 6.08 Å². The minimum atomic E-state index is -0.842.